The zero-order chi connectivity index (χ0) is 22.5. The number of esters is 1. The quantitative estimate of drug-likeness (QED) is 0.195. The monoisotopic (exact) mass is 426 g/mol. The highest BCUT2D eigenvalue weighted by molar-refractivity contribution is 5.88. The van der Waals surface area contributed by atoms with Gasteiger partial charge in [0.05, 0.1) is 25.5 Å². The summed E-state index contributed by atoms with van der Waals surface area (Å²) >= 11 is 0. The van der Waals surface area contributed by atoms with Gasteiger partial charge in [-0.3, -0.25) is 19.8 Å². The van der Waals surface area contributed by atoms with Crippen LogP contribution in [0.5, 0.6) is 0 Å². The Morgan fingerprint density at radius 3 is 2.67 bits per heavy atom. The van der Waals surface area contributed by atoms with Gasteiger partial charge >= 0.3 is 5.97 Å². The summed E-state index contributed by atoms with van der Waals surface area (Å²) in [4.78, 5) is 39.9. The van der Waals surface area contributed by atoms with Crippen LogP contribution in [0, 0.1) is 11.3 Å². The summed E-state index contributed by atoms with van der Waals surface area (Å²) < 4.78 is 4.92. The fraction of sp³-hybridized carbons (Fsp3) is 0.800. The topological polar surface area (TPSA) is 155 Å². The fourth-order valence-corrected chi connectivity index (χ4v) is 3.44. The molecule has 0 aromatic carbocycles. The molecule has 1 aliphatic heterocycles. The Bertz CT molecular complexity index is 586. The summed E-state index contributed by atoms with van der Waals surface area (Å²) in [6.07, 6.45) is 3.57. The molecule has 172 valence electrons. The molecule has 6 N–H and O–H groups in total. The first-order valence-electron chi connectivity index (χ1n) is 10.8. The number of nitrogens with one attached hydrogen (secondary N) is 2. The van der Waals surface area contributed by atoms with Crippen molar-refractivity contribution in [3.63, 3.8) is 0 Å². The third-order valence-corrected chi connectivity index (χ3v) is 5.15. The van der Waals surface area contributed by atoms with Gasteiger partial charge in [-0.2, -0.15) is 0 Å². The van der Waals surface area contributed by atoms with Crippen molar-refractivity contribution in [2.45, 2.75) is 58.4 Å². The van der Waals surface area contributed by atoms with E-state index in [0.717, 1.165) is 32.2 Å². The van der Waals surface area contributed by atoms with E-state index in [4.69, 9.17) is 21.6 Å². The summed E-state index contributed by atoms with van der Waals surface area (Å²) in [5.41, 5.74) is 11.5. The Kier molecular flexibility index (Phi) is 11.8. The van der Waals surface area contributed by atoms with E-state index in [1.165, 1.54) is 0 Å². The maximum atomic E-state index is 12.7. The van der Waals surface area contributed by atoms with Crippen LogP contribution in [0.1, 0.15) is 52.4 Å². The van der Waals surface area contributed by atoms with E-state index < -0.39 is 6.04 Å². The first-order chi connectivity index (χ1) is 14.3. The molecule has 1 saturated heterocycles. The van der Waals surface area contributed by atoms with Gasteiger partial charge in [-0.1, -0.05) is 13.3 Å². The number of piperidine rings is 1. The van der Waals surface area contributed by atoms with Gasteiger partial charge in [-0.05, 0) is 32.1 Å². The lowest BCUT2D eigenvalue weighted by atomic mass is 9.98. The normalized spacial score (nSPS) is 17.2. The molecule has 10 nitrogen and oxygen atoms in total. The number of nitrogens with zero attached hydrogens (tertiary/aromatic N) is 2. The van der Waals surface area contributed by atoms with Gasteiger partial charge in [0.15, 0.2) is 5.96 Å². The number of carbonyl (C=O) groups is 3. The molecule has 0 spiro atoms. The number of guanidine groups is 1. The molecule has 2 atom stereocenters. The van der Waals surface area contributed by atoms with Gasteiger partial charge in [0.25, 0.3) is 0 Å². The molecule has 1 heterocycles. The molecule has 0 bridgehead atoms. The molecule has 0 saturated carbocycles. The van der Waals surface area contributed by atoms with Crippen molar-refractivity contribution in [3.05, 3.63) is 0 Å². The summed E-state index contributed by atoms with van der Waals surface area (Å²) in [6, 6.07) is -0.955. The predicted molar refractivity (Wildman–Crippen MR) is 115 cm³/mol. The van der Waals surface area contributed by atoms with Crippen LogP contribution >= 0.6 is 0 Å². The third-order valence-electron chi connectivity index (χ3n) is 5.15. The van der Waals surface area contributed by atoms with Crippen molar-refractivity contribution in [1.82, 2.24) is 15.1 Å². The Balaban J connectivity index is 2.48. The van der Waals surface area contributed by atoms with Crippen molar-refractivity contribution >= 4 is 23.7 Å². The SMILES string of the molecule is CCCCN(CCC(=O)OCC)C(=O)[C@@H](N)CC(=O)NC[C@@H]1CCCN(C(=N)N)C1. The Morgan fingerprint density at radius 2 is 2.03 bits per heavy atom. The van der Waals surface area contributed by atoms with Crippen LogP contribution in [0.25, 0.3) is 0 Å². The van der Waals surface area contributed by atoms with Gasteiger partial charge in [0.2, 0.25) is 11.8 Å². The van der Waals surface area contributed by atoms with Crippen molar-refractivity contribution in [1.29, 1.82) is 5.41 Å². The van der Waals surface area contributed by atoms with Crippen LogP contribution in [0.4, 0.5) is 0 Å². The standard InChI is InChI=1S/C20H38N6O4/c1-3-5-9-25(11-8-18(28)30-4-2)19(29)16(21)12-17(27)24-13-15-7-6-10-26(14-15)20(22)23/h15-16H,3-14,21H2,1-2H3,(H3,22,23)(H,24,27)/t15-,16-/m0/s1. The Labute approximate surface area is 179 Å². The second kappa shape index (κ2) is 13.8. The van der Waals surface area contributed by atoms with E-state index >= 15 is 0 Å². The summed E-state index contributed by atoms with van der Waals surface area (Å²) in [5.74, 6) is -0.706. The van der Waals surface area contributed by atoms with E-state index in [0.29, 0.717) is 26.2 Å². The van der Waals surface area contributed by atoms with Crippen LogP contribution < -0.4 is 16.8 Å². The highest BCUT2D eigenvalue weighted by atomic mass is 16.5. The molecule has 1 fully saturated rings. The third kappa shape index (κ3) is 9.43. The zero-order valence-corrected chi connectivity index (χ0v) is 18.3. The van der Waals surface area contributed by atoms with Crippen molar-refractivity contribution in [3.8, 4) is 0 Å². The molecule has 10 heteroatoms. The highest BCUT2D eigenvalue weighted by Crippen LogP contribution is 2.15. The lowest BCUT2D eigenvalue weighted by Gasteiger charge is -2.33. The lowest BCUT2D eigenvalue weighted by molar-refractivity contribution is -0.144. The number of unbranched alkanes of at least 4 members (excludes halogenated alkanes) is 1. The number of rotatable bonds is 12. The number of amides is 2. The maximum absolute atomic E-state index is 12.7. The smallest absolute Gasteiger partial charge is 0.307 e. The van der Waals surface area contributed by atoms with Crippen LogP contribution in [0.2, 0.25) is 0 Å². The molecule has 0 radical (unpaired) electrons. The average molecular weight is 427 g/mol. The zero-order valence-electron chi connectivity index (χ0n) is 18.3. The molecule has 30 heavy (non-hydrogen) atoms. The largest absolute Gasteiger partial charge is 0.466 e. The highest BCUT2D eigenvalue weighted by Gasteiger charge is 2.25. The average Bonchev–Trinajstić information content (AvgIpc) is 2.72. The van der Waals surface area contributed by atoms with Crippen LogP contribution in [-0.2, 0) is 19.1 Å². The molecule has 1 aliphatic rings. The van der Waals surface area contributed by atoms with Crippen LogP contribution in [0.3, 0.4) is 0 Å². The molecular formula is C20H38N6O4. The number of ether oxygens (including phenoxy) is 1. The minimum atomic E-state index is -0.955. The molecule has 0 aromatic rings. The number of hydrogen-bond acceptors (Lipinski definition) is 6. The first-order valence-corrected chi connectivity index (χ1v) is 10.8. The second-order valence-corrected chi connectivity index (χ2v) is 7.69. The van der Waals surface area contributed by atoms with Crippen LogP contribution in [0.15, 0.2) is 0 Å². The summed E-state index contributed by atoms with van der Waals surface area (Å²) in [5, 5.41) is 10.4. The summed E-state index contributed by atoms with van der Waals surface area (Å²) in [6.45, 7) is 6.64. The van der Waals surface area contributed by atoms with Crippen molar-refractivity contribution in [2.24, 2.45) is 17.4 Å². The van der Waals surface area contributed by atoms with Crippen LogP contribution in [-0.4, -0.2) is 78.9 Å². The number of nitrogens with two attached hydrogens (primary N) is 2. The van der Waals surface area contributed by atoms with E-state index in [1.54, 1.807) is 16.7 Å². The van der Waals surface area contributed by atoms with Crippen molar-refractivity contribution < 1.29 is 19.1 Å². The first kappa shape index (κ1) is 25.7. The predicted octanol–water partition coefficient (Wildman–Crippen LogP) is 0.00737. The Hall–Kier alpha value is -2.36. The van der Waals surface area contributed by atoms with E-state index in [1.807, 2.05) is 6.92 Å². The summed E-state index contributed by atoms with van der Waals surface area (Å²) in [7, 11) is 0. The molecule has 1 rings (SSSR count). The molecular weight excluding hydrogens is 388 g/mol. The van der Waals surface area contributed by atoms with E-state index in [-0.39, 0.29) is 49.0 Å². The fourth-order valence-electron chi connectivity index (χ4n) is 3.44. The van der Waals surface area contributed by atoms with E-state index in [2.05, 4.69) is 5.32 Å². The van der Waals surface area contributed by atoms with Gasteiger partial charge in [-0.25, -0.2) is 0 Å². The number of likely N-dealkylation sites (tertiary alicyclic amines) is 1. The van der Waals surface area contributed by atoms with Gasteiger partial charge in [-0.15, -0.1) is 0 Å². The lowest BCUT2D eigenvalue weighted by Crippen LogP contribution is -2.48. The Morgan fingerprint density at radius 1 is 1.30 bits per heavy atom. The minimum Gasteiger partial charge on any atom is -0.466 e. The van der Waals surface area contributed by atoms with Gasteiger partial charge in [0.1, 0.15) is 0 Å². The molecule has 0 unspecified atom stereocenters. The number of hydrogen-bond donors (Lipinski definition) is 4. The van der Waals surface area contributed by atoms with E-state index in [9.17, 15) is 14.4 Å². The molecule has 2 amide bonds. The molecule has 0 aromatic heterocycles. The van der Waals surface area contributed by atoms with Gasteiger partial charge in [0, 0.05) is 32.7 Å². The molecule has 0 aliphatic carbocycles. The minimum absolute atomic E-state index is 0.0497. The second-order valence-electron chi connectivity index (χ2n) is 7.69. The number of carbonyl (C=O) groups excluding carboxylic acids is 3. The van der Waals surface area contributed by atoms with Gasteiger partial charge < -0.3 is 31.3 Å². The maximum Gasteiger partial charge on any atom is 0.307 e. The van der Waals surface area contributed by atoms with Crippen molar-refractivity contribution in [2.75, 3.05) is 39.3 Å².